The van der Waals surface area contributed by atoms with E-state index in [2.05, 4.69) is 15.9 Å². The zero-order valence-corrected chi connectivity index (χ0v) is 9.18. The Labute approximate surface area is 77.1 Å². The van der Waals surface area contributed by atoms with Crippen molar-refractivity contribution >= 4 is 21.8 Å². The molecule has 3 heteroatoms. The van der Waals surface area contributed by atoms with Crippen LogP contribution in [0, 0.1) is 0 Å². The van der Waals surface area contributed by atoms with Gasteiger partial charge in [0.15, 0.2) is 0 Å². The number of rotatable bonds is 3. The van der Waals surface area contributed by atoms with Crippen molar-refractivity contribution in [1.29, 1.82) is 0 Å². The molecule has 0 fully saturated rings. The number of halogens is 1. The highest BCUT2D eigenvalue weighted by molar-refractivity contribution is 9.10. The van der Waals surface area contributed by atoms with Gasteiger partial charge in [-0.3, -0.25) is 4.79 Å². The summed E-state index contributed by atoms with van der Waals surface area (Å²) in [6.45, 7) is 8.68. The zero-order chi connectivity index (χ0) is 9.02. The van der Waals surface area contributed by atoms with Crippen LogP contribution in [-0.2, 0) is 4.79 Å². The molecule has 0 spiro atoms. The molecule has 2 nitrogen and oxygen atoms in total. The van der Waals surface area contributed by atoms with Crippen LogP contribution in [0.1, 0.15) is 27.7 Å². The summed E-state index contributed by atoms with van der Waals surface area (Å²) in [5.74, 6) is 0.169. The van der Waals surface area contributed by atoms with Crippen molar-refractivity contribution in [2.45, 2.75) is 38.6 Å². The topological polar surface area (TPSA) is 20.3 Å². The Kier molecular flexibility index (Phi) is 4.73. The fourth-order valence-electron chi connectivity index (χ4n) is 1.00. The molecule has 1 unspecified atom stereocenters. The van der Waals surface area contributed by atoms with Gasteiger partial charge in [0.05, 0.1) is 4.83 Å². The smallest absolute Gasteiger partial charge is 0.236 e. The van der Waals surface area contributed by atoms with Gasteiger partial charge in [0, 0.05) is 12.6 Å². The second kappa shape index (κ2) is 4.75. The number of carbonyl (C=O) groups is 1. The lowest BCUT2D eigenvalue weighted by Gasteiger charge is -2.26. The van der Waals surface area contributed by atoms with Crippen LogP contribution in [0.15, 0.2) is 0 Å². The summed E-state index contributed by atoms with van der Waals surface area (Å²) in [5, 5.41) is 0. The van der Waals surface area contributed by atoms with Crippen molar-refractivity contribution < 1.29 is 4.79 Å². The first-order chi connectivity index (χ1) is 5.00. The third-order valence-electron chi connectivity index (χ3n) is 1.59. The van der Waals surface area contributed by atoms with Gasteiger partial charge in [0.1, 0.15) is 0 Å². The molecule has 0 N–H and O–H groups in total. The number of hydrogen-bond acceptors (Lipinski definition) is 1. The Morgan fingerprint density at radius 2 is 1.91 bits per heavy atom. The van der Waals surface area contributed by atoms with Gasteiger partial charge in [0.2, 0.25) is 5.91 Å². The van der Waals surface area contributed by atoms with Crippen molar-refractivity contribution in [2.24, 2.45) is 0 Å². The van der Waals surface area contributed by atoms with Gasteiger partial charge >= 0.3 is 0 Å². The van der Waals surface area contributed by atoms with E-state index in [1.54, 1.807) is 0 Å². The van der Waals surface area contributed by atoms with Crippen molar-refractivity contribution in [3.8, 4) is 0 Å². The Morgan fingerprint density at radius 3 is 2.00 bits per heavy atom. The van der Waals surface area contributed by atoms with Crippen LogP contribution < -0.4 is 0 Å². The number of nitrogens with zero attached hydrogens (tertiary/aromatic N) is 1. The summed E-state index contributed by atoms with van der Waals surface area (Å²) < 4.78 is 0. The first-order valence-corrected chi connectivity index (χ1v) is 4.86. The van der Waals surface area contributed by atoms with Gasteiger partial charge < -0.3 is 4.90 Å². The molecule has 0 aliphatic heterocycles. The molecule has 0 aromatic rings. The summed E-state index contributed by atoms with van der Waals surface area (Å²) in [5.41, 5.74) is 0. The maximum atomic E-state index is 11.4. The van der Waals surface area contributed by atoms with E-state index in [1.807, 2.05) is 32.6 Å². The molecule has 0 aliphatic carbocycles. The highest BCUT2D eigenvalue weighted by Crippen LogP contribution is 2.06. The van der Waals surface area contributed by atoms with Gasteiger partial charge in [-0.05, 0) is 27.7 Å². The molecule has 0 aromatic heterocycles. The molecule has 0 saturated heterocycles. The number of alkyl halides is 1. The van der Waals surface area contributed by atoms with Crippen LogP contribution in [0.5, 0.6) is 0 Å². The van der Waals surface area contributed by atoms with E-state index in [9.17, 15) is 4.79 Å². The second-order valence-electron chi connectivity index (χ2n) is 2.83. The molecule has 66 valence electrons. The van der Waals surface area contributed by atoms with E-state index in [0.717, 1.165) is 6.54 Å². The zero-order valence-electron chi connectivity index (χ0n) is 7.60. The summed E-state index contributed by atoms with van der Waals surface area (Å²) in [7, 11) is 0. The molecule has 0 radical (unpaired) electrons. The molecule has 0 bridgehead atoms. The molecule has 1 amide bonds. The Bertz CT molecular complexity index is 134. The molecule has 0 aliphatic rings. The van der Waals surface area contributed by atoms with Crippen LogP contribution in [0.25, 0.3) is 0 Å². The summed E-state index contributed by atoms with van der Waals surface area (Å²) >= 11 is 3.26. The van der Waals surface area contributed by atoms with Crippen molar-refractivity contribution in [1.82, 2.24) is 4.90 Å². The Balaban J connectivity index is 4.15. The Hall–Kier alpha value is -0.0500. The van der Waals surface area contributed by atoms with Crippen LogP contribution in [-0.4, -0.2) is 28.2 Å². The highest BCUT2D eigenvalue weighted by Gasteiger charge is 2.18. The van der Waals surface area contributed by atoms with E-state index >= 15 is 0 Å². The summed E-state index contributed by atoms with van der Waals surface area (Å²) in [6.07, 6.45) is 0. The van der Waals surface area contributed by atoms with E-state index < -0.39 is 0 Å². The molecule has 0 aromatic carbocycles. The largest absolute Gasteiger partial charge is 0.340 e. The van der Waals surface area contributed by atoms with Gasteiger partial charge in [-0.2, -0.15) is 0 Å². The van der Waals surface area contributed by atoms with E-state index in [1.165, 1.54) is 0 Å². The minimum Gasteiger partial charge on any atom is -0.340 e. The number of amides is 1. The first-order valence-electron chi connectivity index (χ1n) is 3.95. The maximum Gasteiger partial charge on any atom is 0.236 e. The highest BCUT2D eigenvalue weighted by atomic mass is 79.9. The van der Waals surface area contributed by atoms with Crippen LogP contribution in [0.3, 0.4) is 0 Å². The van der Waals surface area contributed by atoms with Crippen molar-refractivity contribution in [3.63, 3.8) is 0 Å². The van der Waals surface area contributed by atoms with Crippen LogP contribution >= 0.6 is 15.9 Å². The monoisotopic (exact) mass is 221 g/mol. The molecular formula is C8H16BrNO. The van der Waals surface area contributed by atoms with Crippen LogP contribution in [0.4, 0.5) is 0 Å². The second-order valence-corrected chi connectivity index (χ2v) is 4.21. The molecule has 11 heavy (non-hydrogen) atoms. The van der Waals surface area contributed by atoms with Crippen molar-refractivity contribution in [3.05, 3.63) is 0 Å². The lowest BCUT2D eigenvalue weighted by molar-refractivity contribution is -0.131. The van der Waals surface area contributed by atoms with Gasteiger partial charge in [0.25, 0.3) is 0 Å². The fraction of sp³-hybridized carbons (Fsp3) is 0.875. The third-order valence-corrected chi connectivity index (χ3v) is 1.98. The maximum absolute atomic E-state index is 11.4. The number of hydrogen-bond donors (Lipinski definition) is 0. The molecule has 0 heterocycles. The van der Waals surface area contributed by atoms with Crippen molar-refractivity contribution in [2.75, 3.05) is 6.54 Å². The summed E-state index contributed by atoms with van der Waals surface area (Å²) in [6, 6.07) is 0.299. The normalized spacial score (nSPS) is 13.3. The molecule has 0 rings (SSSR count). The van der Waals surface area contributed by atoms with Gasteiger partial charge in [-0.1, -0.05) is 15.9 Å². The van der Waals surface area contributed by atoms with E-state index in [-0.39, 0.29) is 10.7 Å². The lowest BCUT2D eigenvalue weighted by Crippen LogP contribution is -2.40. The summed E-state index contributed by atoms with van der Waals surface area (Å²) in [4.78, 5) is 13.2. The fourth-order valence-corrected chi connectivity index (χ4v) is 1.27. The Morgan fingerprint density at radius 1 is 1.45 bits per heavy atom. The third kappa shape index (κ3) is 3.23. The number of carbonyl (C=O) groups excluding carboxylic acids is 1. The predicted molar refractivity (Wildman–Crippen MR) is 50.9 cm³/mol. The lowest BCUT2D eigenvalue weighted by atomic mass is 10.3. The van der Waals surface area contributed by atoms with Crippen LogP contribution in [0.2, 0.25) is 0 Å². The molecule has 1 atom stereocenters. The first kappa shape index (κ1) is 11.0. The SMILES string of the molecule is CCN(C(=O)C(C)Br)C(C)C. The minimum atomic E-state index is -0.0650. The predicted octanol–water partition coefficient (Wildman–Crippen LogP) is 2.03. The van der Waals surface area contributed by atoms with E-state index in [4.69, 9.17) is 0 Å². The van der Waals surface area contributed by atoms with E-state index in [0.29, 0.717) is 6.04 Å². The average Bonchev–Trinajstić information content (AvgIpc) is 1.88. The average molecular weight is 222 g/mol. The minimum absolute atomic E-state index is 0.0650. The molecule has 0 saturated carbocycles. The van der Waals surface area contributed by atoms with Gasteiger partial charge in [-0.25, -0.2) is 0 Å². The molecular weight excluding hydrogens is 206 g/mol. The standard InChI is InChI=1S/C8H16BrNO/c1-5-10(6(2)3)8(11)7(4)9/h6-7H,5H2,1-4H3. The quantitative estimate of drug-likeness (QED) is 0.669. The van der Waals surface area contributed by atoms with Gasteiger partial charge in [-0.15, -0.1) is 0 Å².